The van der Waals surface area contributed by atoms with Crippen molar-refractivity contribution in [1.82, 2.24) is 0 Å². The highest BCUT2D eigenvalue weighted by Gasteiger charge is 2.19. The van der Waals surface area contributed by atoms with Gasteiger partial charge in [-0.05, 0) is 0 Å². The maximum absolute atomic E-state index is 10.0. The summed E-state index contributed by atoms with van der Waals surface area (Å²) >= 11 is 0. The smallest absolute Gasteiger partial charge is 0.373 e. The molecule has 0 unspecified atom stereocenters. The number of carbonyl (C=O) groups excluding carboxylic acids is 4. The minimum Gasteiger partial charge on any atom is -0.393 e. The Morgan fingerprint density at radius 2 is 1.40 bits per heavy atom. The van der Waals surface area contributed by atoms with Gasteiger partial charge < -0.3 is 4.74 Å². The summed E-state index contributed by atoms with van der Waals surface area (Å²) < 4.78 is 4.08. The third-order valence-corrected chi connectivity index (χ3v) is 0.761. The van der Waals surface area contributed by atoms with Crippen LogP contribution in [0.3, 0.4) is 0 Å². The fraction of sp³-hybridized carbons (Fsp3) is 0.400. The number of ether oxygens (including phenoxy) is 1. The Morgan fingerprint density at radius 1 is 1.10 bits per heavy atom. The molecule has 0 bridgehead atoms. The van der Waals surface area contributed by atoms with Crippen molar-refractivity contribution in [3.8, 4) is 0 Å². The zero-order valence-electron chi connectivity index (χ0n) is 4.96. The van der Waals surface area contributed by atoms with E-state index in [-0.39, 0.29) is 19.0 Å². The Hall–Kier alpha value is -1.48. The van der Waals surface area contributed by atoms with E-state index in [9.17, 15) is 9.59 Å². The largest absolute Gasteiger partial charge is 0.393 e. The van der Waals surface area contributed by atoms with Crippen LogP contribution in [0.15, 0.2) is 0 Å². The number of carbonyl (C=O) groups is 2. The summed E-state index contributed by atoms with van der Waals surface area (Å²) in [5.74, 6) is -0.796. The van der Waals surface area contributed by atoms with Crippen LogP contribution < -0.4 is 0 Å². The molecule has 0 aliphatic carbocycles. The van der Waals surface area contributed by atoms with Crippen LogP contribution in [0.5, 0.6) is 0 Å². The van der Waals surface area contributed by atoms with Crippen LogP contribution in [-0.2, 0) is 23.9 Å². The van der Waals surface area contributed by atoms with E-state index in [4.69, 9.17) is 9.59 Å². The molecule has 0 atom stereocenters. The molecule has 1 saturated heterocycles. The van der Waals surface area contributed by atoms with Crippen molar-refractivity contribution in [3.05, 3.63) is 0 Å². The predicted molar refractivity (Wildman–Crippen MR) is 25.3 cm³/mol. The van der Waals surface area contributed by atoms with Gasteiger partial charge in [-0.25, -0.2) is 0 Å². The lowest BCUT2D eigenvalue weighted by Crippen LogP contribution is -1.94. The quantitative estimate of drug-likeness (QED) is 0.330. The molecule has 5 nitrogen and oxygen atoms in total. The van der Waals surface area contributed by atoms with Crippen LogP contribution in [0, 0.1) is 0 Å². The second-order valence-electron chi connectivity index (χ2n) is 1.43. The summed E-state index contributed by atoms with van der Waals surface area (Å²) in [6.07, 6.45) is 0.775. The SMILES string of the molecule is O=C1CCC(=O)O1.O=C=O. The van der Waals surface area contributed by atoms with Crippen molar-refractivity contribution in [1.29, 1.82) is 0 Å². The van der Waals surface area contributed by atoms with Gasteiger partial charge in [0.2, 0.25) is 0 Å². The lowest BCUT2D eigenvalue weighted by Gasteiger charge is -1.79. The highest BCUT2D eigenvalue weighted by Crippen LogP contribution is 2.03. The fourth-order valence-electron chi connectivity index (χ4n) is 0.433. The van der Waals surface area contributed by atoms with Crippen LogP contribution in [0.25, 0.3) is 0 Å². The van der Waals surface area contributed by atoms with Gasteiger partial charge in [0.1, 0.15) is 0 Å². The van der Waals surface area contributed by atoms with Crippen LogP contribution in [0.4, 0.5) is 0 Å². The molecule has 1 heterocycles. The van der Waals surface area contributed by atoms with Gasteiger partial charge in [-0.1, -0.05) is 0 Å². The van der Waals surface area contributed by atoms with E-state index in [1.165, 1.54) is 0 Å². The second-order valence-corrected chi connectivity index (χ2v) is 1.43. The molecule has 0 aromatic carbocycles. The Morgan fingerprint density at radius 3 is 1.50 bits per heavy atom. The van der Waals surface area contributed by atoms with Crippen molar-refractivity contribution < 1.29 is 23.9 Å². The van der Waals surface area contributed by atoms with Crippen molar-refractivity contribution >= 4 is 18.1 Å². The highest BCUT2D eigenvalue weighted by atomic mass is 16.6. The van der Waals surface area contributed by atoms with Crippen molar-refractivity contribution in [2.75, 3.05) is 0 Å². The van der Waals surface area contributed by atoms with Crippen molar-refractivity contribution in [2.45, 2.75) is 12.8 Å². The third-order valence-electron chi connectivity index (χ3n) is 0.761. The van der Waals surface area contributed by atoms with Crippen LogP contribution in [-0.4, -0.2) is 18.1 Å². The number of hydrogen-bond donors (Lipinski definition) is 0. The topological polar surface area (TPSA) is 77.5 Å². The molecule has 0 radical (unpaired) electrons. The minimum absolute atomic E-state index is 0.250. The number of rotatable bonds is 0. The van der Waals surface area contributed by atoms with Gasteiger partial charge in [0.25, 0.3) is 0 Å². The molecular formula is C5H4O5. The number of cyclic esters (lactones) is 2. The first kappa shape index (κ1) is 8.52. The monoisotopic (exact) mass is 144 g/mol. The molecule has 1 aliphatic rings. The summed E-state index contributed by atoms with van der Waals surface area (Å²) in [5, 5.41) is 0. The van der Waals surface area contributed by atoms with Gasteiger partial charge in [0.15, 0.2) is 0 Å². The maximum atomic E-state index is 10.0. The van der Waals surface area contributed by atoms with E-state index in [0.717, 1.165) is 0 Å². The zero-order chi connectivity index (χ0) is 7.98. The molecule has 0 aromatic heterocycles. The normalized spacial score (nSPS) is 14.8. The van der Waals surface area contributed by atoms with Crippen molar-refractivity contribution in [3.63, 3.8) is 0 Å². The fourth-order valence-corrected chi connectivity index (χ4v) is 0.433. The second kappa shape index (κ2) is 4.40. The molecule has 0 spiro atoms. The molecule has 1 fully saturated rings. The first-order valence-electron chi connectivity index (χ1n) is 2.43. The van der Waals surface area contributed by atoms with E-state index >= 15 is 0 Å². The molecule has 0 N–H and O–H groups in total. The first-order valence-corrected chi connectivity index (χ1v) is 2.43. The first-order chi connectivity index (χ1) is 4.70. The molecule has 1 rings (SSSR count). The van der Waals surface area contributed by atoms with E-state index in [1.54, 1.807) is 0 Å². The van der Waals surface area contributed by atoms with Crippen LogP contribution >= 0.6 is 0 Å². The molecule has 0 saturated carbocycles. The van der Waals surface area contributed by atoms with Gasteiger partial charge in [0.05, 0.1) is 12.8 Å². The maximum Gasteiger partial charge on any atom is 0.373 e. The average molecular weight is 144 g/mol. The Kier molecular flexibility index (Phi) is 3.75. The van der Waals surface area contributed by atoms with E-state index in [2.05, 4.69) is 4.74 Å². The summed E-state index contributed by atoms with van der Waals surface area (Å²) in [6.45, 7) is 0. The lowest BCUT2D eigenvalue weighted by atomic mass is 10.4. The molecule has 54 valence electrons. The number of hydrogen-bond acceptors (Lipinski definition) is 5. The Labute approximate surface area is 56.0 Å². The van der Waals surface area contributed by atoms with E-state index < -0.39 is 11.9 Å². The molecule has 10 heavy (non-hydrogen) atoms. The average Bonchev–Trinajstić information content (AvgIpc) is 2.17. The zero-order valence-corrected chi connectivity index (χ0v) is 4.96. The summed E-state index contributed by atoms with van der Waals surface area (Å²) in [7, 11) is 0. The summed E-state index contributed by atoms with van der Waals surface area (Å²) in [5.41, 5.74) is 0. The van der Waals surface area contributed by atoms with Gasteiger partial charge in [-0.3, -0.25) is 9.59 Å². The van der Waals surface area contributed by atoms with E-state index in [1.807, 2.05) is 0 Å². The molecule has 5 heteroatoms. The number of esters is 2. The Balaban J connectivity index is 0.000000236. The van der Waals surface area contributed by atoms with Crippen LogP contribution in [0.1, 0.15) is 12.8 Å². The van der Waals surface area contributed by atoms with Gasteiger partial charge in [-0.2, -0.15) is 9.59 Å². The standard InChI is InChI=1S/C4H4O3.CO2/c5-3-1-2-4(6)7-3;2-1-3/h1-2H2;. The lowest BCUT2D eigenvalue weighted by molar-refractivity contribution is -0.191. The molecule has 0 aromatic rings. The third kappa shape index (κ3) is 3.51. The summed E-state index contributed by atoms with van der Waals surface area (Å²) in [4.78, 5) is 36.3. The van der Waals surface area contributed by atoms with E-state index in [0.29, 0.717) is 0 Å². The van der Waals surface area contributed by atoms with Gasteiger partial charge in [0, 0.05) is 0 Å². The van der Waals surface area contributed by atoms with Gasteiger partial charge in [-0.15, -0.1) is 0 Å². The van der Waals surface area contributed by atoms with Gasteiger partial charge >= 0.3 is 18.1 Å². The Bertz CT molecular complexity index is 162. The molecule has 1 aliphatic heterocycles. The van der Waals surface area contributed by atoms with Crippen LogP contribution in [0.2, 0.25) is 0 Å². The van der Waals surface area contributed by atoms with Crippen molar-refractivity contribution in [2.24, 2.45) is 0 Å². The highest BCUT2D eigenvalue weighted by molar-refractivity contribution is 5.92. The molecule has 0 amide bonds. The minimum atomic E-state index is -0.398. The molecular weight excluding hydrogens is 140 g/mol. The predicted octanol–water partition coefficient (Wildman–Crippen LogP) is -0.734. The summed E-state index contributed by atoms with van der Waals surface area (Å²) in [6, 6.07) is 0.